The highest BCUT2D eigenvalue weighted by atomic mass is 32.1. The first kappa shape index (κ1) is 18.1. The van der Waals surface area contributed by atoms with Crippen molar-refractivity contribution in [2.75, 3.05) is 0 Å². The third-order valence-electron chi connectivity index (χ3n) is 4.45. The summed E-state index contributed by atoms with van der Waals surface area (Å²) in [6.07, 6.45) is 2.10. The molecule has 1 aromatic carbocycles. The molecule has 0 saturated heterocycles. The van der Waals surface area contributed by atoms with Crippen LogP contribution in [0.1, 0.15) is 25.6 Å². The summed E-state index contributed by atoms with van der Waals surface area (Å²) < 4.78 is 18.7. The molecule has 0 aliphatic heterocycles. The average molecular weight is 375 g/mol. The van der Waals surface area contributed by atoms with Gasteiger partial charge in [0.1, 0.15) is 5.82 Å². The third kappa shape index (κ3) is 2.66. The van der Waals surface area contributed by atoms with Crippen LogP contribution in [-0.2, 0) is 13.5 Å². The SMILES string of the molecule is C=CC(C)n1c(=O)sc2cc(F)c(-n3c(=O)cc(CC)n(C)c3=O)cc21. The standard InChI is InChI=1S/C18H18FN3O3S/c1-5-10(3)21-14-9-13(12(19)8-15(14)26-18(21)25)22-16(23)7-11(6-2)20(4)17(22)24/h5,7-10H,1,6H2,2-4H3. The van der Waals surface area contributed by atoms with Crippen molar-refractivity contribution in [1.29, 1.82) is 0 Å². The van der Waals surface area contributed by atoms with Gasteiger partial charge in [0.25, 0.3) is 5.56 Å². The Bertz CT molecular complexity index is 1200. The molecule has 0 bridgehead atoms. The number of aromatic nitrogens is 3. The van der Waals surface area contributed by atoms with Crippen molar-refractivity contribution in [1.82, 2.24) is 13.7 Å². The molecule has 0 spiro atoms. The lowest BCUT2D eigenvalue weighted by molar-refractivity contribution is 0.604. The topological polar surface area (TPSA) is 66.0 Å². The Balaban J connectivity index is 2.41. The Morgan fingerprint density at radius 1 is 1.27 bits per heavy atom. The molecular formula is C18H18FN3O3S. The summed E-state index contributed by atoms with van der Waals surface area (Å²) in [5.41, 5.74) is -0.395. The number of hydrogen-bond donors (Lipinski definition) is 0. The van der Waals surface area contributed by atoms with Gasteiger partial charge in [-0.2, -0.15) is 0 Å². The Hall–Kier alpha value is -2.74. The van der Waals surface area contributed by atoms with Gasteiger partial charge in [-0.15, -0.1) is 6.58 Å². The summed E-state index contributed by atoms with van der Waals surface area (Å²) in [6, 6.07) is 3.56. The summed E-state index contributed by atoms with van der Waals surface area (Å²) in [5.74, 6) is -0.736. The first-order valence-electron chi connectivity index (χ1n) is 8.09. The summed E-state index contributed by atoms with van der Waals surface area (Å²) in [7, 11) is 1.54. The van der Waals surface area contributed by atoms with Crippen LogP contribution < -0.4 is 16.1 Å². The van der Waals surface area contributed by atoms with Gasteiger partial charge in [-0.1, -0.05) is 24.3 Å². The minimum atomic E-state index is -0.736. The average Bonchev–Trinajstić information content (AvgIpc) is 2.92. The molecule has 0 fully saturated rings. The highest BCUT2D eigenvalue weighted by Gasteiger charge is 2.18. The molecule has 0 amide bonds. The first-order valence-corrected chi connectivity index (χ1v) is 8.91. The summed E-state index contributed by atoms with van der Waals surface area (Å²) in [5, 5.41) is 0. The second-order valence-corrected chi connectivity index (χ2v) is 6.98. The van der Waals surface area contributed by atoms with Gasteiger partial charge in [0.15, 0.2) is 0 Å². The molecule has 2 heterocycles. The van der Waals surface area contributed by atoms with E-state index in [2.05, 4.69) is 6.58 Å². The van der Waals surface area contributed by atoms with Crippen LogP contribution in [0.4, 0.5) is 4.39 Å². The smallest absolute Gasteiger partial charge is 0.300 e. The molecule has 8 heteroatoms. The Labute approximate surface area is 152 Å². The first-order chi connectivity index (χ1) is 12.3. The van der Waals surface area contributed by atoms with Crippen molar-refractivity contribution in [3.8, 4) is 5.69 Å². The number of fused-ring (bicyclic) bond motifs is 1. The van der Waals surface area contributed by atoms with E-state index in [-0.39, 0.29) is 16.6 Å². The zero-order valence-electron chi connectivity index (χ0n) is 14.7. The van der Waals surface area contributed by atoms with Crippen molar-refractivity contribution < 1.29 is 4.39 Å². The molecule has 0 saturated carbocycles. The number of hydrogen-bond acceptors (Lipinski definition) is 4. The minimum absolute atomic E-state index is 0.173. The molecule has 0 radical (unpaired) electrons. The predicted molar refractivity (Wildman–Crippen MR) is 101 cm³/mol. The van der Waals surface area contributed by atoms with Crippen molar-refractivity contribution in [2.24, 2.45) is 7.05 Å². The molecular weight excluding hydrogens is 357 g/mol. The lowest BCUT2D eigenvalue weighted by Crippen LogP contribution is -2.39. The molecule has 0 aliphatic carbocycles. The summed E-state index contributed by atoms with van der Waals surface area (Å²) in [6.45, 7) is 7.29. The Morgan fingerprint density at radius 3 is 2.58 bits per heavy atom. The number of benzene rings is 1. The number of nitrogens with zero attached hydrogens (tertiary/aromatic N) is 3. The van der Waals surface area contributed by atoms with Crippen LogP contribution in [0.5, 0.6) is 0 Å². The Kier molecular flexibility index (Phi) is 4.53. The number of thiazole rings is 1. The van der Waals surface area contributed by atoms with Crippen LogP contribution in [0.15, 0.2) is 45.2 Å². The highest BCUT2D eigenvalue weighted by Crippen LogP contribution is 2.25. The monoisotopic (exact) mass is 375 g/mol. The van der Waals surface area contributed by atoms with Gasteiger partial charge in [0, 0.05) is 18.8 Å². The fourth-order valence-corrected chi connectivity index (χ4v) is 3.91. The summed E-state index contributed by atoms with van der Waals surface area (Å²) >= 11 is 0.907. The van der Waals surface area contributed by atoms with E-state index in [1.165, 1.54) is 34.4 Å². The van der Waals surface area contributed by atoms with Crippen LogP contribution in [0.3, 0.4) is 0 Å². The fraction of sp³-hybridized carbons (Fsp3) is 0.278. The van der Waals surface area contributed by atoms with Gasteiger partial charge in [-0.05, 0) is 25.5 Å². The van der Waals surface area contributed by atoms with Crippen molar-refractivity contribution in [3.05, 3.63) is 72.9 Å². The highest BCUT2D eigenvalue weighted by molar-refractivity contribution is 7.16. The fourth-order valence-electron chi connectivity index (χ4n) is 2.94. The lowest BCUT2D eigenvalue weighted by Gasteiger charge is -2.13. The van der Waals surface area contributed by atoms with Gasteiger partial charge in [0.2, 0.25) is 0 Å². The second-order valence-electron chi connectivity index (χ2n) is 5.99. The van der Waals surface area contributed by atoms with Crippen LogP contribution in [0.2, 0.25) is 0 Å². The van der Waals surface area contributed by atoms with E-state index in [4.69, 9.17) is 0 Å². The molecule has 0 aliphatic rings. The van der Waals surface area contributed by atoms with E-state index in [9.17, 15) is 18.8 Å². The van der Waals surface area contributed by atoms with Gasteiger partial charge in [0.05, 0.1) is 21.9 Å². The third-order valence-corrected chi connectivity index (χ3v) is 5.37. The number of rotatable bonds is 4. The van der Waals surface area contributed by atoms with E-state index in [0.717, 1.165) is 15.9 Å². The maximum Gasteiger partial charge on any atom is 0.335 e. The number of aryl methyl sites for hydroxylation is 1. The Morgan fingerprint density at radius 2 is 1.96 bits per heavy atom. The van der Waals surface area contributed by atoms with Crippen LogP contribution in [0, 0.1) is 5.82 Å². The molecule has 2 aromatic heterocycles. The number of allylic oxidation sites excluding steroid dienone is 1. The largest absolute Gasteiger partial charge is 0.335 e. The second kappa shape index (κ2) is 6.53. The maximum atomic E-state index is 14.7. The van der Waals surface area contributed by atoms with E-state index >= 15 is 0 Å². The molecule has 26 heavy (non-hydrogen) atoms. The zero-order chi connectivity index (χ0) is 19.2. The van der Waals surface area contributed by atoms with Gasteiger partial charge in [-0.25, -0.2) is 13.8 Å². The quantitative estimate of drug-likeness (QED) is 0.658. The molecule has 0 N–H and O–H groups in total. The van der Waals surface area contributed by atoms with Crippen LogP contribution in [-0.4, -0.2) is 13.7 Å². The van der Waals surface area contributed by atoms with E-state index in [1.807, 2.05) is 6.92 Å². The molecule has 136 valence electrons. The van der Waals surface area contributed by atoms with Crippen molar-refractivity contribution in [2.45, 2.75) is 26.3 Å². The minimum Gasteiger partial charge on any atom is -0.300 e. The van der Waals surface area contributed by atoms with E-state index in [0.29, 0.717) is 22.3 Å². The predicted octanol–water partition coefficient (Wildman–Crippen LogP) is 2.36. The molecule has 1 atom stereocenters. The van der Waals surface area contributed by atoms with E-state index in [1.54, 1.807) is 13.0 Å². The van der Waals surface area contributed by atoms with Crippen LogP contribution in [0.25, 0.3) is 15.9 Å². The van der Waals surface area contributed by atoms with Gasteiger partial charge >= 0.3 is 10.6 Å². The van der Waals surface area contributed by atoms with Gasteiger partial charge < -0.3 is 4.57 Å². The molecule has 6 nitrogen and oxygen atoms in total. The molecule has 3 aromatic rings. The van der Waals surface area contributed by atoms with Crippen molar-refractivity contribution in [3.63, 3.8) is 0 Å². The zero-order valence-corrected chi connectivity index (χ0v) is 15.5. The lowest BCUT2D eigenvalue weighted by atomic mass is 10.2. The van der Waals surface area contributed by atoms with Gasteiger partial charge in [-0.3, -0.25) is 14.2 Å². The maximum absolute atomic E-state index is 14.7. The van der Waals surface area contributed by atoms with E-state index < -0.39 is 17.1 Å². The van der Waals surface area contributed by atoms with Crippen LogP contribution >= 0.6 is 11.3 Å². The van der Waals surface area contributed by atoms with Crippen molar-refractivity contribution >= 4 is 21.6 Å². The molecule has 1 unspecified atom stereocenters. The summed E-state index contributed by atoms with van der Waals surface area (Å²) in [4.78, 5) is 37.0. The molecule has 3 rings (SSSR count). The number of halogens is 1. The normalized spacial score (nSPS) is 12.5.